The minimum atomic E-state index is -0.261. The fourth-order valence-electron chi connectivity index (χ4n) is 3.19. The molecule has 0 unspecified atom stereocenters. The summed E-state index contributed by atoms with van der Waals surface area (Å²) in [6.45, 7) is 5.37. The lowest BCUT2D eigenvalue weighted by atomic mass is 10.2. The van der Waals surface area contributed by atoms with E-state index in [0.29, 0.717) is 45.0 Å². The summed E-state index contributed by atoms with van der Waals surface area (Å²) >= 11 is 0. The van der Waals surface area contributed by atoms with Gasteiger partial charge in [0.1, 0.15) is 5.69 Å². The van der Waals surface area contributed by atoms with E-state index in [9.17, 15) is 9.59 Å². The quantitative estimate of drug-likeness (QED) is 0.795. The van der Waals surface area contributed by atoms with Gasteiger partial charge in [0.25, 0.3) is 5.91 Å². The third-order valence-electron chi connectivity index (χ3n) is 4.75. The lowest BCUT2D eigenvalue weighted by Gasteiger charge is -2.35. The maximum Gasteiger partial charge on any atom is 0.409 e. The highest BCUT2D eigenvalue weighted by molar-refractivity contribution is 5.92. The summed E-state index contributed by atoms with van der Waals surface area (Å²) in [7, 11) is 1.78. The van der Waals surface area contributed by atoms with Crippen LogP contribution in [0.15, 0.2) is 48.7 Å². The maximum absolute atomic E-state index is 12.6. The molecule has 1 aliphatic rings. The number of hydrogen-bond donors (Lipinski definition) is 0. The van der Waals surface area contributed by atoms with E-state index in [-0.39, 0.29) is 12.0 Å². The lowest BCUT2D eigenvalue weighted by Crippen LogP contribution is -2.49. The average molecular weight is 382 g/mol. The fraction of sp³-hybridized carbons (Fsp3) is 0.381. The first-order chi connectivity index (χ1) is 13.6. The topological polar surface area (TPSA) is 66.0 Å². The Labute approximate surface area is 165 Å². The third-order valence-corrected chi connectivity index (χ3v) is 4.75. The molecule has 3 rings (SSSR count). The van der Waals surface area contributed by atoms with Crippen molar-refractivity contribution in [2.75, 3.05) is 44.7 Å². The number of benzene rings is 1. The zero-order valence-electron chi connectivity index (χ0n) is 16.4. The molecule has 1 aromatic carbocycles. The zero-order chi connectivity index (χ0) is 19.9. The van der Waals surface area contributed by atoms with Gasteiger partial charge in [-0.3, -0.25) is 4.79 Å². The Morgan fingerprint density at radius 3 is 2.39 bits per heavy atom. The zero-order valence-corrected chi connectivity index (χ0v) is 16.4. The SMILES string of the molecule is CCOC(=O)N1CCN(c2ccc(C(=O)N(C)Cc3ccccc3)nc2)CC1. The molecule has 0 saturated carbocycles. The first kappa shape index (κ1) is 19.7. The molecule has 2 aromatic rings. The van der Waals surface area contributed by atoms with E-state index >= 15 is 0 Å². The van der Waals surface area contributed by atoms with Gasteiger partial charge in [-0.2, -0.15) is 0 Å². The molecule has 7 heteroatoms. The average Bonchev–Trinajstić information content (AvgIpc) is 2.74. The van der Waals surface area contributed by atoms with Gasteiger partial charge >= 0.3 is 6.09 Å². The molecule has 0 bridgehead atoms. The van der Waals surface area contributed by atoms with Crippen LogP contribution in [0, 0.1) is 0 Å². The van der Waals surface area contributed by atoms with Gasteiger partial charge in [0, 0.05) is 39.8 Å². The van der Waals surface area contributed by atoms with Gasteiger partial charge in [0.05, 0.1) is 18.5 Å². The van der Waals surface area contributed by atoms with Crippen molar-refractivity contribution in [3.8, 4) is 0 Å². The van der Waals surface area contributed by atoms with Crippen LogP contribution in [0.5, 0.6) is 0 Å². The van der Waals surface area contributed by atoms with Crippen molar-refractivity contribution >= 4 is 17.7 Å². The van der Waals surface area contributed by atoms with E-state index in [1.807, 2.05) is 36.4 Å². The summed E-state index contributed by atoms with van der Waals surface area (Å²) in [6, 6.07) is 13.5. The number of carbonyl (C=O) groups excluding carboxylic acids is 2. The number of piperazine rings is 1. The molecule has 2 amide bonds. The monoisotopic (exact) mass is 382 g/mol. The van der Waals surface area contributed by atoms with Gasteiger partial charge in [0.2, 0.25) is 0 Å². The van der Waals surface area contributed by atoms with Crippen LogP contribution < -0.4 is 4.90 Å². The van der Waals surface area contributed by atoms with Crippen molar-refractivity contribution in [2.45, 2.75) is 13.5 Å². The Balaban J connectivity index is 1.56. The first-order valence-corrected chi connectivity index (χ1v) is 9.50. The van der Waals surface area contributed by atoms with Crippen LogP contribution >= 0.6 is 0 Å². The highest BCUT2D eigenvalue weighted by Crippen LogP contribution is 2.17. The molecule has 148 valence electrons. The number of hydrogen-bond acceptors (Lipinski definition) is 5. The van der Waals surface area contributed by atoms with Crippen molar-refractivity contribution in [3.63, 3.8) is 0 Å². The number of pyridine rings is 1. The molecule has 1 saturated heterocycles. The van der Waals surface area contributed by atoms with Crippen molar-refractivity contribution in [1.82, 2.24) is 14.8 Å². The largest absolute Gasteiger partial charge is 0.450 e. The predicted octanol–water partition coefficient (Wildman–Crippen LogP) is 2.63. The fourth-order valence-corrected chi connectivity index (χ4v) is 3.19. The van der Waals surface area contributed by atoms with E-state index in [4.69, 9.17) is 4.74 Å². The summed E-state index contributed by atoms with van der Waals surface area (Å²) in [6.07, 6.45) is 1.46. The second-order valence-corrected chi connectivity index (χ2v) is 6.72. The molecular weight excluding hydrogens is 356 g/mol. The molecule has 2 heterocycles. The van der Waals surface area contributed by atoms with Crippen LogP contribution in [0.1, 0.15) is 23.0 Å². The van der Waals surface area contributed by atoms with Crippen LogP contribution in [0.25, 0.3) is 0 Å². The summed E-state index contributed by atoms with van der Waals surface area (Å²) in [5, 5.41) is 0. The standard InChI is InChI=1S/C21H26N4O3/c1-3-28-21(27)25-13-11-24(12-14-25)18-9-10-19(22-15-18)20(26)23(2)16-17-7-5-4-6-8-17/h4-10,15H,3,11-14,16H2,1-2H3. The number of nitrogens with zero attached hydrogens (tertiary/aromatic N) is 4. The van der Waals surface area contributed by atoms with Crippen LogP contribution in [-0.2, 0) is 11.3 Å². The molecule has 0 radical (unpaired) electrons. The second kappa shape index (κ2) is 9.21. The first-order valence-electron chi connectivity index (χ1n) is 9.50. The van der Waals surface area contributed by atoms with Crippen LogP contribution in [0.4, 0.5) is 10.5 Å². The highest BCUT2D eigenvalue weighted by atomic mass is 16.6. The number of anilines is 1. The molecule has 7 nitrogen and oxygen atoms in total. The van der Waals surface area contributed by atoms with Gasteiger partial charge in [-0.25, -0.2) is 9.78 Å². The van der Waals surface area contributed by atoms with Gasteiger partial charge in [-0.05, 0) is 24.6 Å². The number of amides is 2. The van der Waals surface area contributed by atoms with Gasteiger partial charge in [-0.1, -0.05) is 30.3 Å². The summed E-state index contributed by atoms with van der Waals surface area (Å²) in [5.41, 5.74) is 2.45. The van der Waals surface area contributed by atoms with E-state index in [1.54, 1.807) is 36.0 Å². The van der Waals surface area contributed by atoms with Crippen LogP contribution in [0.3, 0.4) is 0 Å². The maximum atomic E-state index is 12.6. The molecule has 0 spiro atoms. The molecule has 1 aliphatic heterocycles. The lowest BCUT2D eigenvalue weighted by molar-refractivity contribution is 0.0779. The Morgan fingerprint density at radius 2 is 1.79 bits per heavy atom. The van der Waals surface area contributed by atoms with Gasteiger partial charge < -0.3 is 19.4 Å². The van der Waals surface area contributed by atoms with Crippen molar-refractivity contribution in [2.24, 2.45) is 0 Å². The summed E-state index contributed by atoms with van der Waals surface area (Å²) in [4.78, 5) is 34.3. The van der Waals surface area contributed by atoms with Crippen LogP contribution in [0.2, 0.25) is 0 Å². The van der Waals surface area contributed by atoms with Gasteiger partial charge in [0.15, 0.2) is 0 Å². The molecule has 28 heavy (non-hydrogen) atoms. The van der Waals surface area contributed by atoms with E-state index in [0.717, 1.165) is 11.3 Å². The predicted molar refractivity (Wildman–Crippen MR) is 107 cm³/mol. The molecule has 0 atom stereocenters. The van der Waals surface area contributed by atoms with Gasteiger partial charge in [-0.15, -0.1) is 0 Å². The normalized spacial score (nSPS) is 13.9. The van der Waals surface area contributed by atoms with Crippen molar-refractivity contribution in [1.29, 1.82) is 0 Å². The van der Waals surface area contributed by atoms with E-state index in [1.165, 1.54) is 0 Å². The number of ether oxygens (including phenoxy) is 1. The molecular formula is C21H26N4O3. The summed E-state index contributed by atoms with van der Waals surface area (Å²) in [5.74, 6) is -0.109. The van der Waals surface area contributed by atoms with E-state index < -0.39 is 0 Å². The summed E-state index contributed by atoms with van der Waals surface area (Å²) < 4.78 is 5.04. The van der Waals surface area contributed by atoms with Crippen molar-refractivity contribution < 1.29 is 14.3 Å². The smallest absolute Gasteiger partial charge is 0.409 e. The Morgan fingerprint density at radius 1 is 1.07 bits per heavy atom. The molecule has 0 aliphatic carbocycles. The molecule has 0 N–H and O–H groups in total. The molecule has 1 aromatic heterocycles. The van der Waals surface area contributed by atoms with Crippen molar-refractivity contribution in [3.05, 3.63) is 59.9 Å². The Kier molecular flexibility index (Phi) is 6.47. The third kappa shape index (κ3) is 4.79. The molecule has 1 fully saturated rings. The minimum absolute atomic E-state index is 0.109. The van der Waals surface area contributed by atoms with E-state index in [2.05, 4.69) is 9.88 Å². The highest BCUT2D eigenvalue weighted by Gasteiger charge is 2.22. The second-order valence-electron chi connectivity index (χ2n) is 6.72. The number of aromatic nitrogens is 1. The van der Waals surface area contributed by atoms with Crippen LogP contribution in [-0.4, -0.2) is 66.6 Å². The number of rotatable bonds is 5. The number of carbonyl (C=O) groups is 2. The minimum Gasteiger partial charge on any atom is -0.450 e. The Hall–Kier alpha value is -3.09. The Bertz CT molecular complexity index is 787.